The van der Waals surface area contributed by atoms with Gasteiger partial charge in [0.2, 0.25) is 0 Å². The maximum atomic E-state index is 10.7. The second-order valence-corrected chi connectivity index (χ2v) is 5.09. The highest BCUT2D eigenvalue weighted by Gasteiger charge is 2.07. The van der Waals surface area contributed by atoms with E-state index in [1.54, 1.807) is 6.07 Å². The maximum absolute atomic E-state index is 10.7. The number of carbonyl (C=O) groups excluding carboxylic acids is 1. The van der Waals surface area contributed by atoms with Gasteiger partial charge in [-0.3, -0.25) is 4.79 Å². The maximum Gasteiger partial charge on any atom is 0.150 e. The molecule has 0 saturated heterocycles. The lowest BCUT2D eigenvalue weighted by Gasteiger charge is -1.95. The fourth-order valence-electron chi connectivity index (χ4n) is 1.18. The Bertz CT molecular complexity index is 478. The van der Waals surface area contributed by atoms with Crippen LogP contribution in [0.2, 0.25) is 4.34 Å². The molecule has 0 fully saturated rings. The molecule has 1 heterocycles. The third-order valence-electron chi connectivity index (χ3n) is 1.77. The SMILES string of the molecule is O=Cc1ccc(Br)c2sc(Cl)cc12. The number of hydrogen-bond donors (Lipinski definition) is 0. The largest absolute Gasteiger partial charge is 0.298 e. The van der Waals surface area contributed by atoms with Gasteiger partial charge in [0.25, 0.3) is 0 Å². The zero-order valence-corrected chi connectivity index (χ0v) is 9.54. The van der Waals surface area contributed by atoms with E-state index in [0.29, 0.717) is 9.90 Å². The van der Waals surface area contributed by atoms with E-state index in [1.165, 1.54) is 11.3 Å². The molecule has 0 unspecified atom stereocenters. The molecule has 0 aliphatic rings. The molecule has 66 valence electrons. The van der Waals surface area contributed by atoms with Gasteiger partial charge in [0.1, 0.15) is 0 Å². The zero-order chi connectivity index (χ0) is 9.42. The molecule has 0 radical (unpaired) electrons. The van der Waals surface area contributed by atoms with Crippen molar-refractivity contribution in [1.29, 1.82) is 0 Å². The summed E-state index contributed by atoms with van der Waals surface area (Å²) in [5.74, 6) is 0. The zero-order valence-electron chi connectivity index (χ0n) is 6.38. The predicted molar refractivity (Wildman–Crippen MR) is 59.9 cm³/mol. The van der Waals surface area contributed by atoms with Gasteiger partial charge < -0.3 is 0 Å². The molecule has 2 aromatic rings. The summed E-state index contributed by atoms with van der Waals surface area (Å²) in [7, 11) is 0. The second-order valence-electron chi connectivity index (χ2n) is 2.55. The summed E-state index contributed by atoms with van der Waals surface area (Å²) in [4.78, 5) is 10.7. The van der Waals surface area contributed by atoms with Gasteiger partial charge >= 0.3 is 0 Å². The van der Waals surface area contributed by atoms with Gasteiger partial charge in [0, 0.05) is 15.4 Å². The Morgan fingerprint density at radius 2 is 2.23 bits per heavy atom. The molecule has 0 aliphatic carbocycles. The van der Waals surface area contributed by atoms with Crippen LogP contribution in [0.25, 0.3) is 10.1 Å². The summed E-state index contributed by atoms with van der Waals surface area (Å²) in [6.45, 7) is 0. The molecule has 0 amide bonds. The van der Waals surface area contributed by atoms with E-state index in [-0.39, 0.29) is 0 Å². The van der Waals surface area contributed by atoms with Gasteiger partial charge in [-0.05, 0) is 34.1 Å². The van der Waals surface area contributed by atoms with Gasteiger partial charge in [-0.15, -0.1) is 11.3 Å². The molecular weight excluding hydrogens is 272 g/mol. The summed E-state index contributed by atoms with van der Waals surface area (Å²) >= 11 is 10.7. The van der Waals surface area contributed by atoms with Crippen molar-refractivity contribution in [2.75, 3.05) is 0 Å². The monoisotopic (exact) mass is 274 g/mol. The number of halogens is 2. The fraction of sp³-hybridized carbons (Fsp3) is 0. The first-order valence-electron chi connectivity index (χ1n) is 3.55. The second kappa shape index (κ2) is 3.40. The molecule has 4 heteroatoms. The summed E-state index contributed by atoms with van der Waals surface area (Å²) in [5, 5.41) is 0.916. The quantitative estimate of drug-likeness (QED) is 0.715. The van der Waals surface area contributed by atoms with Crippen molar-refractivity contribution >= 4 is 55.2 Å². The van der Waals surface area contributed by atoms with Crippen molar-refractivity contribution in [1.82, 2.24) is 0 Å². The van der Waals surface area contributed by atoms with Crippen molar-refractivity contribution in [3.63, 3.8) is 0 Å². The lowest BCUT2D eigenvalue weighted by Crippen LogP contribution is -1.79. The molecule has 13 heavy (non-hydrogen) atoms. The van der Waals surface area contributed by atoms with Crippen LogP contribution in [0.4, 0.5) is 0 Å². The molecule has 2 rings (SSSR count). The van der Waals surface area contributed by atoms with Gasteiger partial charge in [-0.1, -0.05) is 11.6 Å². The molecule has 0 saturated carbocycles. The van der Waals surface area contributed by atoms with Crippen molar-refractivity contribution in [3.8, 4) is 0 Å². The van der Waals surface area contributed by atoms with E-state index in [9.17, 15) is 4.79 Å². The minimum absolute atomic E-state index is 0.682. The van der Waals surface area contributed by atoms with Gasteiger partial charge in [-0.25, -0.2) is 0 Å². The highest BCUT2D eigenvalue weighted by atomic mass is 79.9. The number of rotatable bonds is 1. The number of hydrogen-bond acceptors (Lipinski definition) is 2. The third kappa shape index (κ3) is 1.52. The molecule has 1 nitrogen and oxygen atoms in total. The van der Waals surface area contributed by atoms with Gasteiger partial charge in [0.15, 0.2) is 6.29 Å². The van der Waals surface area contributed by atoms with Crippen LogP contribution in [0.1, 0.15) is 10.4 Å². The van der Waals surface area contributed by atoms with E-state index >= 15 is 0 Å². The Morgan fingerprint density at radius 3 is 2.92 bits per heavy atom. The normalized spacial score (nSPS) is 10.6. The standard InChI is InChI=1S/C9H4BrClOS/c10-7-2-1-5(4-12)6-3-8(11)13-9(6)7/h1-4H. The summed E-state index contributed by atoms with van der Waals surface area (Å²) in [5.41, 5.74) is 0.682. The van der Waals surface area contributed by atoms with E-state index in [0.717, 1.165) is 20.8 Å². The highest BCUT2D eigenvalue weighted by molar-refractivity contribution is 9.10. The number of aldehydes is 1. The first-order chi connectivity index (χ1) is 6.22. The van der Waals surface area contributed by atoms with Crippen molar-refractivity contribution in [2.24, 2.45) is 0 Å². The number of carbonyl (C=O) groups is 1. The van der Waals surface area contributed by atoms with Crippen LogP contribution in [0.5, 0.6) is 0 Å². The number of thiophene rings is 1. The minimum atomic E-state index is 0.682. The number of fused-ring (bicyclic) bond motifs is 1. The van der Waals surface area contributed by atoms with Crippen LogP contribution in [0.3, 0.4) is 0 Å². The summed E-state index contributed by atoms with van der Waals surface area (Å²) in [6, 6.07) is 5.46. The Labute approximate surface area is 92.5 Å². The van der Waals surface area contributed by atoms with Crippen LogP contribution >= 0.6 is 38.9 Å². The average Bonchev–Trinajstić information content (AvgIpc) is 2.48. The molecule has 1 aromatic heterocycles. The van der Waals surface area contributed by atoms with Crippen LogP contribution < -0.4 is 0 Å². The van der Waals surface area contributed by atoms with Gasteiger partial charge in [0.05, 0.1) is 9.04 Å². The fourth-order valence-corrected chi connectivity index (χ4v) is 2.94. The third-order valence-corrected chi connectivity index (χ3v) is 3.99. The van der Waals surface area contributed by atoms with Crippen LogP contribution in [0.15, 0.2) is 22.7 Å². The molecule has 0 N–H and O–H groups in total. The topological polar surface area (TPSA) is 17.1 Å². The Hall–Kier alpha value is -0.380. The Kier molecular flexibility index (Phi) is 2.41. The molecule has 0 bridgehead atoms. The van der Waals surface area contributed by atoms with E-state index in [2.05, 4.69) is 15.9 Å². The summed E-state index contributed by atoms with van der Waals surface area (Å²) in [6.07, 6.45) is 0.845. The molecule has 0 spiro atoms. The lowest BCUT2D eigenvalue weighted by molar-refractivity contribution is 0.112. The molecule has 0 aliphatic heterocycles. The van der Waals surface area contributed by atoms with Crippen molar-refractivity contribution in [3.05, 3.63) is 32.6 Å². The molecular formula is C9H4BrClOS. The predicted octanol–water partition coefficient (Wildman–Crippen LogP) is 4.13. The molecule has 0 atom stereocenters. The van der Waals surface area contributed by atoms with Crippen molar-refractivity contribution < 1.29 is 4.79 Å². The smallest absolute Gasteiger partial charge is 0.150 e. The Balaban J connectivity index is 2.91. The van der Waals surface area contributed by atoms with Crippen LogP contribution in [-0.4, -0.2) is 6.29 Å². The number of benzene rings is 1. The van der Waals surface area contributed by atoms with E-state index in [4.69, 9.17) is 11.6 Å². The van der Waals surface area contributed by atoms with Gasteiger partial charge in [-0.2, -0.15) is 0 Å². The first kappa shape index (κ1) is 9.19. The molecule has 1 aromatic carbocycles. The van der Waals surface area contributed by atoms with Crippen LogP contribution in [-0.2, 0) is 0 Å². The lowest BCUT2D eigenvalue weighted by atomic mass is 10.1. The highest BCUT2D eigenvalue weighted by Crippen LogP contribution is 2.36. The minimum Gasteiger partial charge on any atom is -0.298 e. The van der Waals surface area contributed by atoms with E-state index in [1.807, 2.05) is 12.1 Å². The summed E-state index contributed by atoms with van der Waals surface area (Å²) < 4.78 is 2.70. The van der Waals surface area contributed by atoms with E-state index < -0.39 is 0 Å². The average molecular weight is 276 g/mol. The first-order valence-corrected chi connectivity index (χ1v) is 5.54. The van der Waals surface area contributed by atoms with Crippen LogP contribution in [0, 0.1) is 0 Å². The van der Waals surface area contributed by atoms with Crippen molar-refractivity contribution in [2.45, 2.75) is 0 Å². The Morgan fingerprint density at radius 1 is 1.46 bits per heavy atom.